The van der Waals surface area contributed by atoms with E-state index in [1.54, 1.807) is 31.3 Å². The van der Waals surface area contributed by atoms with Crippen LogP contribution in [0, 0.1) is 0 Å². The standard InChI is InChI=1S/C17H19ClN2O4S/c1-20(8-2-3-17(22)23)16(21)9-13-11-25-15(19-13)10-24-14-6-4-12(18)5-7-14/h4-7,11H,2-3,8-10H2,1H3,(H,22,23). The van der Waals surface area contributed by atoms with Gasteiger partial charge in [0.25, 0.3) is 0 Å². The van der Waals surface area contributed by atoms with Crippen molar-refractivity contribution in [3.8, 4) is 5.75 Å². The van der Waals surface area contributed by atoms with Crippen LogP contribution >= 0.6 is 22.9 Å². The summed E-state index contributed by atoms with van der Waals surface area (Å²) in [4.78, 5) is 28.5. The smallest absolute Gasteiger partial charge is 0.303 e. The number of benzene rings is 1. The number of carbonyl (C=O) groups is 2. The van der Waals surface area contributed by atoms with Crippen molar-refractivity contribution in [3.05, 3.63) is 45.4 Å². The molecule has 0 unspecified atom stereocenters. The highest BCUT2D eigenvalue weighted by molar-refractivity contribution is 7.09. The first kappa shape index (κ1) is 19.2. The Morgan fingerprint density at radius 2 is 2.04 bits per heavy atom. The molecule has 1 N–H and O–H groups in total. The molecular formula is C17H19ClN2O4S. The molecule has 25 heavy (non-hydrogen) atoms. The van der Waals surface area contributed by atoms with Gasteiger partial charge in [0.05, 0.1) is 12.1 Å². The van der Waals surface area contributed by atoms with Gasteiger partial charge < -0.3 is 14.7 Å². The molecule has 0 aliphatic carbocycles. The van der Waals surface area contributed by atoms with Crippen LogP contribution in [-0.4, -0.2) is 40.5 Å². The van der Waals surface area contributed by atoms with E-state index in [1.165, 1.54) is 16.2 Å². The van der Waals surface area contributed by atoms with Crippen molar-refractivity contribution in [2.45, 2.75) is 25.9 Å². The minimum Gasteiger partial charge on any atom is -0.486 e. The molecule has 1 aromatic carbocycles. The van der Waals surface area contributed by atoms with Crippen molar-refractivity contribution in [1.29, 1.82) is 0 Å². The summed E-state index contributed by atoms with van der Waals surface area (Å²) in [6, 6.07) is 7.07. The van der Waals surface area contributed by atoms with Crippen molar-refractivity contribution in [3.63, 3.8) is 0 Å². The van der Waals surface area contributed by atoms with E-state index >= 15 is 0 Å². The quantitative estimate of drug-likeness (QED) is 0.720. The molecule has 8 heteroatoms. The van der Waals surface area contributed by atoms with E-state index < -0.39 is 5.97 Å². The van der Waals surface area contributed by atoms with E-state index in [1.807, 2.05) is 5.38 Å². The lowest BCUT2D eigenvalue weighted by Gasteiger charge is -2.15. The number of aromatic nitrogens is 1. The molecule has 0 fully saturated rings. The van der Waals surface area contributed by atoms with E-state index in [9.17, 15) is 9.59 Å². The first-order valence-electron chi connectivity index (χ1n) is 7.71. The topological polar surface area (TPSA) is 79.7 Å². The van der Waals surface area contributed by atoms with Gasteiger partial charge in [0, 0.05) is 30.4 Å². The normalized spacial score (nSPS) is 10.5. The second-order valence-corrected chi connectivity index (χ2v) is 6.84. The molecule has 1 amide bonds. The second kappa shape index (κ2) is 9.39. The van der Waals surface area contributed by atoms with Crippen LogP contribution in [-0.2, 0) is 22.6 Å². The number of carboxylic acid groups (broad SMARTS) is 1. The largest absolute Gasteiger partial charge is 0.486 e. The molecule has 134 valence electrons. The Labute approximate surface area is 155 Å². The van der Waals surface area contributed by atoms with Crippen molar-refractivity contribution in [1.82, 2.24) is 9.88 Å². The SMILES string of the molecule is CN(CCCC(=O)O)C(=O)Cc1csc(COc2ccc(Cl)cc2)n1. The summed E-state index contributed by atoms with van der Waals surface area (Å²) in [5.41, 5.74) is 0.690. The number of thiazole rings is 1. The van der Waals surface area contributed by atoms with Gasteiger partial charge in [-0.3, -0.25) is 9.59 Å². The highest BCUT2D eigenvalue weighted by Crippen LogP contribution is 2.18. The number of nitrogens with zero attached hydrogens (tertiary/aromatic N) is 2. The molecule has 6 nitrogen and oxygen atoms in total. The maximum Gasteiger partial charge on any atom is 0.303 e. The number of hydrogen-bond acceptors (Lipinski definition) is 5. The number of likely N-dealkylation sites (N-methyl/N-ethyl adjacent to an activating group) is 1. The van der Waals surface area contributed by atoms with Gasteiger partial charge >= 0.3 is 5.97 Å². The van der Waals surface area contributed by atoms with Gasteiger partial charge in [0.1, 0.15) is 17.4 Å². The summed E-state index contributed by atoms with van der Waals surface area (Å²) >= 11 is 7.26. The Balaban J connectivity index is 1.79. The van der Waals surface area contributed by atoms with Crippen LogP contribution in [0.5, 0.6) is 5.75 Å². The summed E-state index contributed by atoms with van der Waals surface area (Å²) in [5.74, 6) is -0.234. The van der Waals surface area contributed by atoms with E-state index in [-0.39, 0.29) is 18.7 Å². The van der Waals surface area contributed by atoms with Crippen molar-refractivity contribution >= 4 is 34.8 Å². The van der Waals surface area contributed by atoms with Crippen molar-refractivity contribution in [2.24, 2.45) is 0 Å². The number of rotatable bonds is 9. The summed E-state index contributed by atoms with van der Waals surface area (Å²) < 4.78 is 5.63. The molecule has 0 aliphatic rings. The number of amides is 1. The highest BCUT2D eigenvalue weighted by Gasteiger charge is 2.13. The van der Waals surface area contributed by atoms with Crippen LogP contribution < -0.4 is 4.74 Å². The molecule has 2 aromatic rings. The minimum atomic E-state index is -0.856. The van der Waals surface area contributed by atoms with E-state index in [2.05, 4.69) is 4.98 Å². The lowest BCUT2D eigenvalue weighted by atomic mass is 10.2. The zero-order chi connectivity index (χ0) is 18.2. The fraction of sp³-hybridized carbons (Fsp3) is 0.353. The monoisotopic (exact) mass is 382 g/mol. The Hall–Kier alpha value is -2.12. The molecule has 0 spiro atoms. The Bertz CT molecular complexity index is 718. The molecule has 0 aliphatic heterocycles. The molecular weight excluding hydrogens is 364 g/mol. The predicted octanol–water partition coefficient (Wildman–Crippen LogP) is 3.24. The summed E-state index contributed by atoms with van der Waals surface area (Å²) in [6.07, 6.45) is 0.691. The van der Waals surface area contributed by atoms with Gasteiger partial charge in [-0.15, -0.1) is 11.3 Å². The maximum absolute atomic E-state index is 12.1. The predicted molar refractivity (Wildman–Crippen MR) is 96.1 cm³/mol. The highest BCUT2D eigenvalue weighted by atomic mass is 35.5. The van der Waals surface area contributed by atoms with Gasteiger partial charge in [0.15, 0.2) is 0 Å². The maximum atomic E-state index is 12.1. The lowest BCUT2D eigenvalue weighted by molar-refractivity contribution is -0.138. The number of aliphatic carboxylic acids is 1. The summed E-state index contributed by atoms with van der Waals surface area (Å²) in [6.45, 7) is 0.747. The van der Waals surface area contributed by atoms with Crippen LogP contribution in [0.1, 0.15) is 23.5 Å². The fourth-order valence-electron chi connectivity index (χ4n) is 2.05. The van der Waals surface area contributed by atoms with Crippen LogP contribution in [0.3, 0.4) is 0 Å². The number of ether oxygens (including phenoxy) is 1. The minimum absolute atomic E-state index is 0.0561. The molecule has 0 bridgehead atoms. The second-order valence-electron chi connectivity index (χ2n) is 5.46. The molecule has 1 heterocycles. The van der Waals surface area contributed by atoms with Gasteiger partial charge in [-0.1, -0.05) is 11.6 Å². The van der Waals surface area contributed by atoms with Gasteiger partial charge in [0.2, 0.25) is 5.91 Å². The average molecular weight is 383 g/mol. The van der Waals surface area contributed by atoms with Crippen LogP contribution in [0.15, 0.2) is 29.6 Å². The molecule has 0 saturated carbocycles. The zero-order valence-electron chi connectivity index (χ0n) is 13.8. The van der Waals surface area contributed by atoms with Gasteiger partial charge in [-0.05, 0) is 30.7 Å². The third-order valence-corrected chi connectivity index (χ3v) is 4.54. The van der Waals surface area contributed by atoms with E-state index in [0.29, 0.717) is 36.0 Å². The first-order valence-corrected chi connectivity index (χ1v) is 8.97. The van der Waals surface area contributed by atoms with E-state index in [0.717, 1.165) is 5.01 Å². The van der Waals surface area contributed by atoms with Gasteiger partial charge in [-0.25, -0.2) is 4.98 Å². The van der Waals surface area contributed by atoms with Crippen LogP contribution in [0.2, 0.25) is 5.02 Å². The van der Waals surface area contributed by atoms with Crippen LogP contribution in [0.4, 0.5) is 0 Å². The molecule has 0 atom stereocenters. The number of carbonyl (C=O) groups excluding carboxylic acids is 1. The summed E-state index contributed by atoms with van der Waals surface area (Å²) in [5, 5.41) is 11.9. The fourth-order valence-corrected chi connectivity index (χ4v) is 2.89. The number of hydrogen-bond donors (Lipinski definition) is 1. The molecule has 1 aromatic heterocycles. The zero-order valence-corrected chi connectivity index (χ0v) is 15.3. The number of carboxylic acids is 1. The Morgan fingerprint density at radius 1 is 1.32 bits per heavy atom. The van der Waals surface area contributed by atoms with Crippen molar-refractivity contribution < 1.29 is 19.4 Å². The third-order valence-electron chi connectivity index (χ3n) is 3.42. The third kappa shape index (κ3) is 6.72. The Morgan fingerprint density at radius 3 is 2.72 bits per heavy atom. The van der Waals surface area contributed by atoms with Crippen molar-refractivity contribution in [2.75, 3.05) is 13.6 Å². The van der Waals surface area contributed by atoms with Gasteiger partial charge in [-0.2, -0.15) is 0 Å². The Kier molecular flexibility index (Phi) is 7.21. The summed E-state index contributed by atoms with van der Waals surface area (Å²) in [7, 11) is 1.67. The molecule has 0 saturated heterocycles. The average Bonchev–Trinajstić information content (AvgIpc) is 3.01. The van der Waals surface area contributed by atoms with E-state index in [4.69, 9.17) is 21.4 Å². The first-order chi connectivity index (χ1) is 11.9. The number of halogens is 1. The molecule has 2 rings (SSSR count). The van der Waals surface area contributed by atoms with Crippen LogP contribution in [0.25, 0.3) is 0 Å². The lowest BCUT2D eigenvalue weighted by Crippen LogP contribution is -2.29. The molecule has 0 radical (unpaired) electrons.